The number of hydrogen-bond donors (Lipinski definition) is 2. The molecule has 0 aromatic heterocycles. The summed E-state index contributed by atoms with van der Waals surface area (Å²) in [6.07, 6.45) is 3.80. The van der Waals surface area contributed by atoms with Crippen molar-refractivity contribution in [3.05, 3.63) is 23.3 Å². The molecule has 0 bridgehead atoms. The lowest BCUT2D eigenvalue weighted by molar-refractivity contribution is 0.0904. The number of benzene rings is 1. The molecule has 3 rings (SSSR count). The van der Waals surface area contributed by atoms with Gasteiger partial charge in [0.15, 0.2) is 0 Å². The van der Waals surface area contributed by atoms with Crippen LogP contribution in [-0.4, -0.2) is 62.3 Å². The Kier molecular flexibility index (Phi) is 7.04. The van der Waals surface area contributed by atoms with Crippen molar-refractivity contribution in [1.82, 2.24) is 10.2 Å². The Bertz CT molecular complexity index is 586. The number of nitrogen functional groups attached to an aromatic ring is 1. The van der Waals surface area contributed by atoms with Crippen LogP contribution < -0.4 is 15.8 Å². The number of likely N-dealkylation sites (tertiary alicyclic amines) is 1. The predicted molar refractivity (Wildman–Crippen MR) is 97.1 cm³/mol. The summed E-state index contributed by atoms with van der Waals surface area (Å²) >= 11 is 0. The van der Waals surface area contributed by atoms with Crippen molar-refractivity contribution in [2.24, 2.45) is 0 Å². The highest BCUT2D eigenvalue weighted by Gasteiger charge is 2.26. The van der Waals surface area contributed by atoms with Gasteiger partial charge in [-0.15, -0.1) is 0 Å². The highest BCUT2D eigenvalue weighted by Crippen LogP contribution is 2.34. The molecule has 0 saturated carbocycles. The third-order valence-corrected chi connectivity index (χ3v) is 4.89. The number of carbonyl (C=O) groups excluding carboxylic acids is 1. The number of amides is 1. The number of nitrogens with two attached hydrogens (primary N) is 1. The van der Waals surface area contributed by atoms with Crippen molar-refractivity contribution in [2.45, 2.75) is 31.7 Å². The molecule has 1 saturated heterocycles. The second-order valence-electron chi connectivity index (χ2n) is 6.54. The van der Waals surface area contributed by atoms with E-state index in [1.54, 1.807) is 19.2 Å². The van der Waals surface area contributed by atoms with Crippen molar-refractivity contribution in [1.29, 1.82) is 0 Å². The molecule has 0 radical (unpaired) electrons. The maximum atomic E-state index is 12.6. The van der Waals surface area contributed by atoms with E-state index in [2.05, 4.69) is 10.2 Å². The Morgan fingerprint density at radius 2 is 2.16 bits per heavy atom. The molecular weight excluding hydrogens is 322 g/mol. The summed E-state index contributed by atoms with van der Waals surface area (Å²) in [6, 6.07) is 3.81. The normalized spacial score (nSPS) is 17.5. The van der Waals surface area contributed by atoms with Gasteiger partial charge in [0, 0.05) is 57.1 Å². The van der Waals surface area contributed by atoms with Crippen LogP contribution in [0.25, 0.3) is 0 Å². The Morgan fingerprint density at radius 1 is 1.40 bits per heavy atom. The molecule has 7 nitrogen and oxygen atoms in total. The van der Waals surface area contributed by atoms with Crippen molar-refractivity contribution in [2.75, 3.05) is 45.7 Å². The Labute approximate surface area is 148 Å². The summed E-state index contributed by atoms with van der Waals surface area (Å²) in [5.41, 5.74) is 8.25. The van der Waals surface area contributed by atoms with E-state index in [1.165, 1.54) is 0 Å². The molecule has 1 amide bonds. The zero-order chi connectivity index (χ0) is 16.9. The van der Waals surface area contributed by atoms with Crippen molar-refractivity contribution >= 4 is 11.6 Å². The van der Waals surface area contributed by atoms with E-state index in [-0.39, 0.29) is 17.4 Å². The minimum absolute atomic E-state index is 0. The van der Waals surface area contributed by atoms with Gasteiger partial charge in [-0.25, -0.2) is 0 Å². The third kappa shape index (κ3) is 4.62. The van der Waals surface area contributed by atoms with Crippen LogP contribution in [0.2, 0.25) is 0 Å². The van der Waals surface area contributed by atoms with Gasteiger partial charge in [-0.05, 0) is 31.4 Å². The van der Waals surface area contributed by atoms with Gasteiger partial charge in [-0.2, -0.15) is 0 Å². The minimum Gasteiger partial charge on any atom is -0.492 e. The number of methoxy groups -OCH3 is 1. The van der Waals surface area contributed by atoms with Gasteiger partial charge < -0.3 is 30.9 Å². The second-order valence-corrected chi connectivity index (χ2v) is 6.54. The second kappa shape index (κ2) is 9.03. The summed E-state index contributed by atoms with van der Waals surface area (Å²) < 4.78 is 10.7. The van der Waals surface area contributed by atoms with E-state index in [4.69, 9.17) is 15.2 Å². The number of ether oxygens (including phenoxy) is 2. The molecule has 0 unspecified atom stereocenters. The van der Waals surface area contributed by atoms with Crippen LogP contribution in [0.5, 0.6) is 5.75 Å². The summed E-state index contributed by atoms with van der Waals surface area (Å²) in [5.74, 6) is 0.621. The van der Waals surface area contributed by atoms with Gasteiger partial charge in [0.2, 0.25) is 0 Å². The van der Waals surface area contributed by atoms with Crippen LogP contribution in [0.4, 0.5) is 5.69 Å². The fourth-order valence-corrected chi connectivity index (χ4v) is 3.50. The van der Waals surface area contributed by atoms with Crippen molar-refractivity contribution in [3.63, 3.8) is 0 Å². The van der Waals surface area contributed by atoms with Gasteiger partial charge in [-0.1, -0.05) is 0 Å². The van der Waals surface area contributed by atoms with Crippen LogP contribution >= 0.6 is 0 Å². The topological polar surface area (TPSA) is 108 Å². The van der Waals surface area contributed by atoms with Gasteiger partial charge >= 0.3 is 0 Å². The molecule has 5 N–H and O–H groups in total. The molecule has 140 valence electrons. The first-order chi connectivity index (χ1) is 11.7. The van der Waals surface area contributed by atoms with E-state index in [0.29, 0.717) is 23.6 Å². The first-order valence-corrected chi connectivity index (χ1v) is 8.75. The number of hydrogen-bond acceptors (Lipinski definition) is 5. The monoisotopic (exact) mass is 351 g/mol. The SMILES string of the molecule is COCCCN1CCC(NC(=O)c2ccc(N)c3c2OCC3)CC1.O. The number of piperidine rings is 1. The largest absolute Gasteiger partial charge is 0.492 e. The van der Waals surface area contributed by atoms with E-state index >= 15 is 0 Å². The average Bonchev–Trinajstić information content (AvgIpc) is 3.07. The Morgan fingerprint density at radius 3 is 2.88 bits per heavy atom. The lowest BCUT2D eigenvalue weighted by Crippen LogP contribution is -2.45. The van der Waals surface area contributed by atoms with Gasteiger partial charge in [0.25, 0.3) is 5.91 Å². The van der Waals surface area contributed by atoms with Crippen LogP contribution in [0.15, 0.2) is 12.1 Å². The molecule has 1 fully saturated rings. The first-order valence-electron chi connectivity index (χ1n) is 8.75. The number of fused-ring (bicyclic) bond motifs is 1. The Balaban J connectivity index is 0.00000225. The minimum atomic E-state index is -0.0500. The summed E-state index contributed by atoms with van der Waals surface area (Å²) in [6.45, 7) is 4.51. The fourth-order valence-electron chi connectivity index (χ4n) is 3.50. The molecular formula is C18H29N3O4. The third-order valence-electron chi connectivity index (χ3n) is 4.89. The smallest absolute Gasteiger partial charge is 0.255 e. The first kappa shape index (κ1) is 19.5. The van der Waals surface area contributed by atoms with Crippen molar-refractivity contribution in [3.8, 4) is 5.75 Å². The van der Waals surface area contributed by atoms with Gasteiger partial charge in [0.05, 0.1) is 12.2 Å². The number of nitrogens with one attached hydrogen (secondary N) is 1. The molecule has 2 heterocycles. The van der Waals surface area contributed by atoms with E-state index in [0.717, 1.165) is 57.5 Å². The molecule has 1 aromatic carbocycles. The average molecular weight is 351 g/mol. The lowest BCUT2D eigenvalue weighted by atomic mass is 10.0. The van der Waals surface area contributed by atoms with Crippen LogP contribution in [0.1, 0.15) is 35.2 Å². The predicted octanol–water partition coefficient (Wildman–Crippen LogP) is 0.610. The summed E-state index contributed by atoms with van der Waals surface area (Å²) in [5, 5.41) is 3.16. The molecule has 2 aliphatic heterocycles. The number of rotatable bonds is 6. The van der Waals surface area contributed by atoms with Crippen LogP contribution in [0.3, 0.4) is 0 Å². The molecule has 0 aliphatic carbocycles. The number of anilines is 1. The Hall–Kier alpha value is -1.83. The lowest BCUT2D eigenvalue weighted by Gasteiger charge is -2.32. The molecule has 7 heteroatoms. The maximum absolute atomic E-state index is 12.6. The standard InChI is InChI=1S/C18H27N3O3.H2O/c1-23-11-2-8-21-9-5-13(6-10-21)20-18(22)15-3-4-16(19)14-7-12-24-17(14)15;/h3-4,13H,2,5-12,19H2,1H3,(H,20,22);1H2. The van der Waals surface area contributed by atoms with Crippen LogP contribution in [0, 0.1) is 0 Å². The molecule has 0 atom stereocenters. The highest BCUT2D eigenvalue weighted by molar-refractivity contribution is 5.98. The van der Waals surface area contributed by atoms with E-state index in [9.17, 15) is 4.79 Å². The van der Waals surface area contributed by atoms with E-state index < -0.39 is 0 Å². The zero-order valence-corrected chi connectivity index (χ0v) is 14.8. The van der Waals surface area contributed by atoms with Crippen LogP contribution in [-0.2, 0) is 11.2 Å². The molecule has 25 heavy (non-hydrogen) atoms. The number of nitrogens with zero attached hydrogens (tertiary/aromatic N) is 1. The molecule has 0 spiro atoms. The van der Waals surface area contributed by atoms with E-state index in [1.807, 2.05) is 0 Å². The number of carbonyl (C=O) groups is 1. The quantitative estimate of drug-likeness (QED) is 0.577. The van der Waals surface area contributed by atoms with Gasteiger partial charge in [-0.3, -0.25) is 4.79 Å². The van der Waals surface area contributed by atoms with Crippen molar-refractivity contribution < 1.29 is 19.7 Å². The highest BCUT2D eigenvalue weighted by atomic mass is 16.5. The van der Waals surface area contributed by atoms with Gasteiger partial charge in [0.1, 0.15) is 5.75 Å². The summed E-state index contributed by atoms with van der Waals surface area (Å²) in [7, 11) is 1.74. The fraction of sp³-hybridized carbons (Fsp3) is 0.611. The molecule has 2 aliphatic rings. The summed E-state index contributed by atoms with van der Waals surface area (Å²) in [4.78, 5) is 15.1. The zero-order valence-electron chi connectivity index (χ0n) is 14.8. The maximum Gasteiger partial charge on any atom is 0.255 e. The molecule has 1 aromatic rings.